The summed E-state index contributed by atoms with van der Waals surface area (Å²) in [6, 6.07) is 4.83. The quantitative estimate of drug-likeness (QED) is 0.878. The molecule has 19 heavy (non-hydrogen) atoms. The molecule has 0 saturated carbocycles. The summed E-state index contributed by atoms with van der Waals surface area (Å²) in [5, 5.41) is 3.47. The van der Waals surface area contributed by atoms with Crippen LogP contribution in [0, 0.1) is 5.82 Å². The van der Waals surface area contributed by atoms with Crippen LogP contribution in [0.15, 0.2) is 18.2 Å². The second-order valence-corrected chi connectivity index (χ2v) is 5.19. The molecule has 1 N–H and O–H groups in total. The van der Waals surface area contributed by atoms with Gasteiger partial charge in [0.25, 0.3) is 6.43 Å². The number of benzene rings is 1. The highest BCUT2D eigenvalue weighted by Gasteiger charge is 2.15. The largest absolute Gasteiger partial charge is 0.371 e. The molecular weight excluding hydrogens is 275 g/mol. The lowest BCUT2D eigenvalue weighted by atomic mass is 10.1. The van der Waals surface area contributed by atoms with Crippen molar-refractivity contribution in [3.05, 3.63) is 34.5 Å². The molecule has 2 nitrogen and oxygen atoms in total. The van der Waals surface area contributed by atoms with Crippen molar-refractivity contribution >= 4 is 21.4 Å². The molecule has 0 spiro atoms. The summed E-state index contributed by atoms with van der Waals surface area (Å²) in [4.78, 5) is 0.914. The summed E-state index contributed by atoms with van der Waals surface area (Å²) in [6.07, 6.45) is -2.51. The Morgan fingerprint density at radius 2 is 2.16 bits per heavy atom. The lowest BCUT2D eigenvalue weighted by Gasteiger charge is -2.06. The number of rotatable bonds is 6. The van der Waals surface area contributed by atoms with Gasteiger partial charge in [0.05, 0.1) is 6.61 Å². The van der Waals surface area contributed by atoms with Gasteiger partial charge in [-0.15, -0.1) is 11.3 Å². The van der Waals surface area contributed by atoms with E-state index in [4.69, 9.17) is 4.74 Å². The summed E-state index contributed by atoms with van der Waals surface area (Å²) in [5.41, 5.74) is 0.660. The average molecular weight is 289 g/mol. The van der Waals surface area contributed by atoms with Crippen LogP contribution in [-0.2, 0) is 17.9 Å². The first-order valence-electron chi connectivity index (χ1n) is 5.82. The molecule has 0 aliphatic rings. The first kappa shape index (κ1) is 14.3. The van der Waals surface area contributed by atoms with Crippen LogP contribution in [0.4, 0.5) is 13.2 Å². The standard InChI is InChI=1S/C13H14F3NOS/c1-17-5-11-8(6-18-7-12(15)16)13-9(14)3-2-4-10(13)19-11/h2-4,12,17H,5-7H2,1H3. The molecule has 0 saturated heterocycles. The summed E-state index contributed by atoms with van der Waals surface area (Å²) in [7, 11) is 1.78. The molecule has 0 aliphatic heterocycles. The van der Waals surface area contributed by atoms with E-state index in [9.17, 15) is 13.2 Å². The Labute approximate surface area is 113 Å². The van der Waals surface area contributed by atoms with Crippen molar-refractivity contribution in [3.63, 3.8) is 0 Å². The van der Waals surface area contributed by atoms with Crippen molar-refractivity contribution in [2.75, 3.05) is 13.7 Å². The molecule has 0 atom stereocenters. The minimum atomic E-state index is -2.51. The van der Waals surface area contributed by atoms with E-state index in [1.165, 1.54) is 17.4 Å². The van der Waals surface area contributed by atoms with Crippen molar-refractivity contribution in [1.29, 1.82) is 0 Å². The molecule has 1 aromatic heterocycles. The molecule has 2 rings (SSSR count). The number of hydrogen-bond acceptors (Lipinski definition) is 3. The van der Waals surface area contributed by atoms with Gasteiger partial charge in [0.15, 0.2) is 0 Å². The van der Waals surface area contributed by atoms with Crippen LogP contribution in [-0.4, -0.2) is 20.1 Å². The molecule has 0 fully saturated rings. The third-order valence-electron chi connectivity index (χ3n) is 2.67. The lowest BCUT2D eigenvalue weighted by molar-refractivity contribution is 0.0101. The summed E-state index contributed by atoms with van der Waals surface area (Å²) in [6.45, 7) is -0.0702. The van der Waals surface area contributed by atoms with E-state index in [1.54, 1.807) is 13.1 Å². The predicted octanol–water partition coefficient (Wildman–Crippen LogP) is 3.54. The maximum Gasteiger partial charge on any atom is 0.261 e. The van der Waals surface area contributed by atoms with Crippen LogP contribution in [0.2, 0.25) is 0 Å². The van der Waals surface area contributed by atoms with Gasteiger partial charge in [0.1, 0.15) is 12.4 Å². The fourth-order valence-electron chi connectivity index (χ4n) is 1.92. The van der Waals surface area contributed by atoms with Crippen molar-refractivity contribution in [1.82, 2.24) is 5.32 Å². The molecule has 1 heterocycles. The second-order valence-electron chi connectivity index (χ2n) is 4.05. The molecule has 0 amide bonds. The molecule has 6 heteroatoms. The minimum Gasteiger partial charge on any atom is -0.371 e. The Hall–Kier alpha value is -1.11. The number of ether oxygens (including phenoxy) is 1. The second kappa shape index (κ2) is 6.36. The predicted molar refractivity (Wildman–Crippen MR) is 70.2 cm³/mol. The zero-order chi connectivity index (χ0) is 13.8. The van der Waals surface area contributed by atoms with Crippen LogP contribution in [0.3, 0.4) is 0 Å². The van der Waals surface area contributed by atoms with E-state index in [0.29, 0.717) is 17.5 Å². The van der Waals surface area contributed by atoms with Crippen LogP contribution in [0.25, 0.3) is 10.1 Å². The van der Waals surface area contributed by atoms with Gasteiger partial charge in [-0.2, -0.15) is 0 Å². The first-order chi connectivity index (χ1) is 9.13. The van der Waals surface area contributed by atoms with E-state index < -0.39 is 13.0 Å². The Morgan fingerprint density at radius 1 is 1.37 bits per heavy atom. The van der Waals surface area contributed by atoms with Gasteiger partial charge in [-0.05, 0) is 19.2 Å². The SMILES string of the molecule is CNCc1sc2cccc(F)c2c1COCC(F)F. The van der Waals surface area contributed by atoms with Gasteiger partial charge < -0.3 is 10.1 Å². The fraction of sp³-hybridized carbons (Fsp3) is 0.385. The topological polar surface area (TPSA) is 21.3 Å². The highest BCUT2D eigenvalue weighted by Crippen LogP contribution is 2.33. The summed E-state index contributed by atoms with van der Waals surface area (Å²) >= 11 is 1.45. The number of nitrogens with one attached hydrogen (secondary N) is 1. The fourth-order valence-corrected chi connectivity index (χ4v) is 3.16. The summed E-state index contributed by atoms with van der Waals surface area (Å²) in [5.74, 6) is -0.341. The summed E-state index contributed by atoms with van der Waals surface area (Å²) < 4.78 is 43.8. The Bertz CT molecular complexity index is 556. The van der Waals surface area contributed by atoms with Crippen LogP contribution < -0.4 is 5.32 Å². The van der Waals surface area contributed by atoms with Crippen molar-refractivity contribution < 1.29 is 17.9 Å². The van der Waals surface area contributed by atoms with Gasteiger partial charge in [0, 0.05) is 27.1 Å². The number of halogens is 3. The van der Waals surface area contributed by atoms with E-state index in [0.717, 1.165) is 9.58 Å². The number of fused-ring (bicyclic) bond motifs is 1. The van der Waals surface area contributed by atoms with Crippen molar-refractivity contribution in [2.45, 2.75) is 19.6 Å². The maximum atomic E-state index is 13.9. The van der Waals surface area contributed by atoms with Crippen LogP contribution in [0.5, 0.6) is 0 Å². The van der Waals surface area contributed by atoms with E-state index in [1.807, 2.05) is 6.07 Å². The molecule has 2 aromatic rings. The highest BCUT2D eigenvalue weighted by atomic mass is 32.1. The van der Waals surface area contributed by atoms with E-state index in [2.05, 4.69) is 5.32 Å². The third-order valence-corrected chi connectivity index (χ3v) is 3.87. The van der Waals surface area contributed by atoms with E-state index in [-0.39, 0.29) is 12.4 Å². The number of alkyl halides is 2. The Morgan fingerprint density at radius 3 is 2.84 bits per heavy atom. The molecule has 1 aromatic carbocycles. The number of hydrogen-bond donors (Lipinski definition) is 1. The molecular formula is C13H14F3NOS. The molecule has 104 valence electrons. The Kier molecular flexibility index (Phi) is 4.79. The van der Waals surface area contributed by atoms with Gasteiger partial charge in [-0.3, -0.25) is 0 Å². The van der Waals surface area contributed by atoms with Gasteiger partial charge in [-0.1, -0.05) is 6.07 Å². The van der Waals surface area contributed by atoms with Crippen molar-refractivity contribution in [3.8, 4) is 0 Å². The van der Waals surface area contributed by atoms with Gasteiger partial charge >= 0.3 is 0 Å². The smallest absolute Gasteiger partial charge is 0.261 e. The lowest BCUT2D eigenvalue weighted by Crippen LogP contribution is -2.08. The normalized spacial score (nSPS) is 11.6. The maximum absolute atomic E-state index is 13.9. The monoisotopic (exact) mass is 289 g/mol. The average Bonchev–Trinajstić information content (AvgIpc) is 2.69. The van der Waals surface area contributed by atoms with E-state index >= 15 is 0 Å². The molecule has 0 bridgehead atoms. The highest BCUT2D eigenvalue weighted by molar-refractivity contribution is 7.19. The zero-order valence-electron chi connectivity index (χ0n) is 10.4. The van der Waals surface area contributed by atoms with Crippen LogP contribution >= 0.6 is 11.3 Å². The minimum absolute atomic E-state index is 0.00227. The first-order valence-corrected chi connectivity index (χ1v) is 6.64. The van der Waals surface area contributed by atoms with Crippen molar-refractivity contribution in [2.24, 2.45) is 0 Å². The van der Waals surface area contributed by atoms with Gasteiger partial charge in [-0.25, -0.2) is 13.2 Å². The molecule has 0 aliphatic carbocycles. The molecule has 0 radical (unpaired) electrons. The zero-order valence-corrected chi connectivity index (χ0v) is 11.2. The van der Waals surface area contributed by atoms with Gasteiger partial charge in [0.2, 0.25) is 0 Å². The Balaban J connectivity index is 2.34. The molecule has 0 unspecified atom stereocenters. The van der Waals surface area contributed by atoms with Crippen LogP contribution in [0.1, 0.15) is 10.4 Å². The third kappa shape index (κ3) is 3.26. The number of thiophene rings is 1.